The van der Waals surface area contributed by atoms with E-state index in [0.29, 0.717) is 16.7 Å². The summed E-state index contributed by atoms with van der Waals surface area (Å²) in [5.74, 6) is 0.686. The van der Waals surface area contributed by atoms with E-state index in [1.54, 1.807) is 13.0 Å². The van der Waals surface area contributed by atoms with Gasteiger partial charge in [-0.1, -0.05) is 30.1 Å². The molecule has 0 saturated heterocycles. The van der Waals surface area contributed by atoms with Crippen LogP contribution in [0.1, 0.15) is 6.92 Å². The molecule has 0 aromatic carbocycles. The second kappa shape index (κ2) is 7.12. The Balaban J connectivity index is 3.54. The van der Waals surface area contributed by atoms with E-state index >= 15 is 0 Å². The molecule has 1 N–H and O–H groups in total. The van der Waals surface area contributed by atoms with Crippen molar-refractivity contribution in [2.75, 3.05) is 12.4 Å². The summed E-state index contributed by atoms with van der Waals surface area (Å²) in [6.07, 6.45) is 1.21. The third-order valence-corrected chi connectivity index (χ3v) is 2.03. The van der Waals surface area contributed by atoms with Gasteiger partial charge in [0.15, 0.2) is 0 Å². The molecular weight excluding hydrogens is 194 g/mol. The maximum Gasteiger partial charge on any atom is 0.412 e. The zero-order chi connectivity index (χ0) is 9.40. The normalized spacial score (nSPS) is 8.75. The molecule has 0 aliphatic heterocycles. The van der Waals surface area contributed by atoms with Crippen LogP contribution in [-0.4, -0.2) is 22.8 Å². The number of thiocarbonyl (C=S) groups is 1. The van der Waals surface area contributed by atoms with Gasteiger partial charge in [0.25, 0.3) is 0 Å². The number of hydrogen-bond acceptors (Lipinski definition) is 4. The third kappa shape index (κ3) is 6.18. The van der Waals surface area contributed by atoms with Gasteiger partial charge in [-0.3, -0.25) is 5.32 Å². The molecule has 1 amide bonds. The van der Waals surface area contributed by atoms with Gasteiger partial charge >= 0.3 is 6.09 Å². The van der Waals surface area contributed by atoms with E-state index < -0.39 is 6.09 Å². The van der Waals surface area contributed by atoms with Crippen LogP contribution in [0.15, 0.2) is 12.7 Å². The van der Waals surface area contributed by atoms with Crippen LogP contribution in [0.25, 0.3) is 0 Å². The summed E-state index contributed by atoms with van der Waals surface area (Å²) in [5.41, 5.74) is 0. The minimum Gasteiger partial charge on any atom is -0.450 e. The van der Waals surface area contributed by atoms with Gasteiger partial charge in [0.05, 0.1) is 6.61 Å². The van der Waals surface area contributed by atoms with Crippen molar-refractivity contribution in [2.24, 2.45) is 0 Å². The number of thioether (sulfide) groups is 1. The van der Waals surface area contributed by atoms with Gasteiger partial charge in [-0.2, -0.15) is 0 Å². The molecule has 0 spiro atoms. The van der Waals surface area contributed by atoms with Crippen molar-refractivity contribution in [3.05, 3.63) is 12.7 Å². The summed E-state index contributed by atoms with van der Waals surface area (Å²) < 4.78 is 5.03. The van der Waals surface area contributed by atoms with E-state index in [4.69, 9.17) is 12.2 Å². The highest BCUT2D eigenvalue weighted by atomic mass is 32.2. The minimum atomic E-state index is -0.501. The van der Waals surface area contributed by atoms with Crippen molar-refractivity contribution in [1.82, 2.24) is 5.32 Å². The first-order valence-electron chi connectivity index (χ1n) is 3.42. The zero-order valence-corrected chi connectivity index (χ0v) is 8.46. The van der Waals surface area contributed by atoms with Crippen LogP contribution in [-0.2, 0) is 4.74 Å². The number of carbonyl (C=O) groups is 1. The summed E-state index contributed by atoms with van der Waals surface area (Å²) in [4.78, 5) is 10.8. The van der Waals surface area contributed by atoms with Crippen molar-refractivity contribution in [2.45, 2.75) is 6.92 Å². The van der Waals surface area contributed by atoms with Crippen molar-refractivity contribution >= 4 is 34.4 Å². The second-order valence-corrected chi connectivity index (χ2v) is 3.43. The van der Waals surface area contributed by atoms with Crippen LogP contribution in [0.5, 0.6) is 0 Å². The summed E-state index contributed by atoms with van der Waals surface area (Å²) in [6, 6.07) is 0. The fourth-order valence-corrected chi connectivity index (χ4v) is 1.13. The van der Waals surface area contributed by atoms with Gasteiger partial charge in [-0.25, -0.2) is 4.79 Å². The number of alkyl carbamates (subject to hydrolysis) is 1. The Kier molecular flexibility index (Phi) is 6.79. The van der Waals surface area contributed by atoms with E-state index in [0.717, 1.165) is 0 Å². The van der Waals surface area contributed by atoms with Crippen molar-refractivity contribution in [3.8, 4) is 0 Å². The van der Waals surface area contributed by atoms with Crippen LogP contribution in [0.3, 0.4) is 0 Å². The summed E-state index contributed by atoms with van der Waals surface area (Å²) in [7, 11) is 0. The Bertz CT molecular complexity index is 182. The summed E-state index contributed by atoms with van der Waals surface area (Å²) >= 11 is 6.15. The fraction of sp³-hybridized carbons (Fsp3) is 0.429. The predicted octanol–water partition coefficient (Wildman–Crippen LogP) is 1.94. The highest BCUT2D eigenvalue weighted by Gasteiger charge is 2.02. The van der Waals surface area contributed by atoms with Gasteiger partial charge in [-0.05, 0) is 6.92 Å². The van der Waals surface area contributed by atoms with Crippen LogP contribution in [0.2, 0.25) is 0 Å². The molecule has 0 heterocycles. The highest BCUT2D eigenvalue weighted by molar-refractivity contribution is 8.23. The van der Waals surface area contributed by atoms with Crippen LogP contribution in [0.4, 0.5) is 4.79 Å². The fourth-order valence-electron chi connectivity index (χ4n) is 0.421. The van der Waals surface area contributed by atoms with Crippen molar-refractivity contribution < 1.29 is 9.53 Å². The maximum atomic E-state index is 10.8. The van der Waals surface area contributed by atoms with Crippen LogP contribution in [0, 0.1) is 0 Å². The smallest absolute Gasteiger partial charge is 0.412 e. The number of rotatable bonds is 3. The van der Waals surface area contributed by atoms with Gasteiger partial charge < -0.3 is 4.74 Å². The zero-order valence-electron chi connectivity index (χ0n) is 6.83. The Morgan fingerprint density at radius 3 is 3.00 bits per heavy atom. The minimum absolute atomic E-state index is 0.348. The molecule has 12 heavy (non-hydrogen) atoms. The molecular formula is C7H11NO2S2. The van der Waals surface area contributed by atoms with Crippen molar-refractivity contribution in [3.63, 3.8) is 0 Å². The van der Waals surface area contributed by atoms with Crippen molar-refractivity contribution in [1.29, 1.82) is 0 Å². The third-order valence-electron chi connectivity index (χ3n) is 0.812. The molecule has 0 fully saturated rings. The largest absolute Gasteiger partial charge is 0.450 e. The molecule has 5 heteroatoms. The van der Waals surface area contributed by atoms with E-state index in [-0.39, 0.29) is 0 Å². The molecule has 0 atom stereocenters. The average Bonchev–Trinajstić information content (AvgIpc) is 2.01. The van der Waals surface area contributed by atoms with E-state index in [1.807, 2.05) is 0 Å². The molecule has 0 aliphatic carbocycles. The lowest BCUT2D eigenvalue weighted by atomic mass is 10.8. The van der Waals surface area contributed by atoms with Gasteiger partial charge in [0.2, 0.25) is 0 Å². The molecule has 0 aromatic rings. The van der Waals surface area contributed by atoms with Gasteiger partial charge in [-0.15, -0.1) is 6.58 Å². The lowest BCUT2D eigenvalue weighted by molar-refractivity contribution is 0.158. The molecule has 0 aliphatic rings. The SMILES string of the molecule is C=CCSC(=S)NC(=O)OCC. The first-order valence-corrected chi connectivity index (χ1v) is 4.81. The summed E-state index contributed by atoms with van der Waals surface area (Å²) in [5, 5.41) is 2.40. The topological polar surface area (TPSA) is 38.3 Å². The molecule has 0 radical (unpaired) electrons. The molecule has 68 valence electrons. The summed E-state index contributed by atoms with van der Waals surface area (Å²) in [6.45, 7) is 5.61. The number of hydrogen-bond donors (Lipinski definition) is 1. The number of carbonyl (C=O) groups excluding carboxylic acids is 1. The van der Waals surface area contributed by atoms with E-state index in [1.165, 1.54) is 11.8 Å². The van der Waals surface area contributed by atoms with Crippen LogP contribution < -0.4 is 5.32 Å². The Morgan fingerprint density at radius 1 is 1.83 bits per heavy atom. The quantitative estimate of drug-likeness (QED) is 0.564. The standard InChI is InChI=1S/C7H11NO2S2/c1-3-5-12-7(11)8-6(9)10-4-2/h3H,1,4-5H2,2H3,(H,8,9,11). The Hall–Kier alpha value is -0.550. The Labute approximate surface area is 81.5 Å². The predicted molar refractivity (Wildman–Crippen MR) is 55.4 cm³/mol. The first kappa shape index (κ1) is 11.4. The van der Waals surface area contributed by atoms with Crippen LogP contribution >= 0.6 is 24.0 Å². The molecule has 0 unspecified atom stereocenters. The van der Waals surface area contributed by atoms with E-state index in [2.05, 4.69) is 16.6 Å². The Morgan fingerprint density at radius 2 is 2.50 bits per heavy atom. The van der Waals surface area contributed by atoms with Gasteiger partial charge in [0.1, 0.15) is 4.32 Å². The van der Waals surface area contributed by atoms with E-state index in [9.17, 15) is 4.79 Å². The molecule has 0 bridgehead atoms. The lowest BCUT2D eigenvalue weighted by Crippen LogP contribution is -2.27. The molecule has 3 nitrogen and oxygen atoms in total. The lowest BCUT2D eigenvalue weighted by Gasteiger charge is -2.03. The first-order chi connectivity index (χ1) is 5.70. The molecule has 0 rings (SSSR count). The number of amides is 1. The molecule has 0 aromatic heterocycles. The average molecular weight is 205 g/mol. The monoisotopic (exact) mass is 205 g/mol. The molecule has 0 saturated carbocycles. The second-order valence-electron chi connectivity index (χ2n) is 1.73. The maximum absolute atomic E-state index is 10.8. The van der Waals surface area contributed by atoms with Gasteiger partial charge in [0, 0.05) is 5.75 Å². The highest BCUT2D eigenvalue weighted by Crippen LogP contribution is 2.01. The number of nitrogens with one attached hydrogen (secondary N) is 1. The number of ether oxygens (including phenoxy) is 1.